The van der Waals surface area contributed by atoms with Crippen LogP contribution in [0.3, 0.4) is 0 Å². The summed E-state index contributed by atoms with van der Waals surface area (Å²) in [6.45, 7) is 1.37. The molecule has 2 aliphatic heterocycles. The van der Waals surface area contributed by atoms with Crippen molar-refractivity contribution in [2.75, 3.05) is 43.9 Å². The minimum Gasteiger partial charge on any atom is -0.465 e. The van der Waals surface area contributed by atoms with Crippen molar-refractivity contribution in [2.45, 2.75) is 61.0 Å². The lowest BCUT2D eigenvalue weighted by Crippen LogP contribution is -2.42. The van der Waals surface area contributed by atoms with Crippen molar-refractivity contribution in [1.82, 2.24) is 19.2 Å². The van der Waals surface area contributed by atoms with Crippen LogP contribution in [-0.4, -0.2) is 94.5 Å². The Kier molecular flexibility index (Phi) is 17.3. The summed E-state index contributed by atoms with van der Waals surface area (Å²) in [6, 6.07) is 32.8. The van der Waals surface area contributed by atoms with Gasteiger partial charge >= 0.3 is 5.97 Å². The number of sulfonamides is 2. The molecule has 0 atom stereocenters. The lowest BCUT2D eigenvalue weighted by atomic mass is 10.1. The first kappa shape index (κ1) is 52.2. The number of methoxy groups -OCH3 is 1. The monoisotopic (exact) mass is 1050 g/mol. The number of carbonyl (C=O) groups excluding carboxylic acids is 4. The number of piperidine rings is 2. The highest BCUT2D eigenvalue weighted by Gasteiger charge is 2.33. The summed E-state index contributed by atoms with van der Waals surface area (Å²) < 4.78 is 70.8. The van der Waals surface area contributed by atoms with Crippen molar-refractivity contribution in [1.29, 1.82) is 0 Å². The smallest absolute Gasteiger partial charge is 0.337 e. The molecule has 6 N–H and O–H groups in total. The van der Waals surface area contributed by atoms with Crippen LogP contribution in [0, 0.1) is 0 Å². The number of nitrogens with one attached hydrogen (secondary N) is 4. The largest absolute Gasteiger partial charge is 0.465 e. The molecule has 18 nitrogen and oxygen atoms in total. The molecule has 8 rings (SSSR count). The number of ether oxygens (including phenoxy) is 1. The Morgan fingerprint density at radius 1 is 0.577 bits per heavy atom. The number of nitrogens with two attached hydrogens (primary N) is 1. The molecule has 6 aromatic rings. The summed E-state index contributed by atoms with van der Waals surface area (Å²) in [5.74, 6) is -0.897. The predicted octanol–water partition coefficient (Wildman–Crippen LogP) is 7.14. The fraction of sp³-hybridized carbons (Fsp3) is 0.265. The fourth-order valence-corrected chi connectivity index (χ4v) is 10.8. The van der Waals surface area contributed by atoms with E-state index in [1.165, 1.54) is 40.0 Å². The number of esters is 1. The molecule has 2 fully saturated rings. The molecule has 0 unspecified atom stereocenters. The number of furan rings is 2. The van der Waals surface area contributed by atoms with Gasteiger partial charge in [0.15, 0.2) is 0 Å². The van der Waals surface area contributed by atoms with Crippen LogP contribution in [0.5, 0.6) is 0 Å². The summed E-state index contributed by atoms with van der Waals surface area (Å²) in [5.41, 5.74) is 8.60. The lowest BCUT2D eigenvalue weighted by molar-refractivity contribution is 0.0600. The Morgan fingerprint density at radius 2 is 0.972 bits per heavy atom. The minimum atomic E-state index is -3.80. The molecule has 22 heteroatoms. The highest BCUT2D eigenvalue weighted by molar-refractivity contribution is 7.89. The zero-order chi connectivity index (χ0) is 50.7. The van der Waals surface area contributed by atoms with Crippen molar-refractivity contribution in [3.63, 3.8) is 0 Å². The predicted molar refractivity (Wildman–Crippen MR) is 266 cm³/mol. The normalized spacial score (nSPS) is 14.9. The quantitative estimate of drug-likeness (QED) is 0.0605. The molecule has 0 radical (unpaired) electrons. The summed E-state index contributed by atoms with van der Waals surface area (Å²) in [5, 5.41) is 12.8. The second kappa shape index (κ2) is 23.5. The average Bonchev–Trinajstić information content (AvgIpc) is 4.08. The highest BCUT2D eigenvalue weighted by atomic mass is 35.5. The van der Waals surface area contributed by atoms with E-state index in [9.17, 15) is 36.0 Å². The zero-order valence-electron chi connectivity index (χ0n) is 38.3. The van der Waals surface area contributed by atoms with Crippen LogP contribution in [0.25, 0.3) is 0 Å². The number of hydrogen-bond donors (Lipinski definition) is 5. The molecule has 0 saturated carbocycles. The van der Waals surface area contributed by atoms with Crippen molar-refractivity contribution >= 4 is 78.3 Å². The van der Waals surface area contributed by atoms with Gasteiger partial charge in [-0.1, -0.05) is 35.3 Å². The molecular formula is C49H51Cl2N7O11S2. The lowest BCUT2D eigenvalue weighted by Gasteiger charge is -2.31. The van der Waals surface area contributed by atoms with Crippen molar-refractivity contribution in [3.8, 4) is 0 Å². The van der Waals surface area contributed by atoms with Gasteiger partial charge in [-0.25, -0.2) is 21.6 Å². The number of benzene rings is 4. The first-order valence-electron chi connectivity index (χ1n) is 22.3. The first-order valence-corrected chi connectivity index (χ1v) is 26.0. The van der Waals surface area contributed by atoms with Gasteiger partial charge in [-0.05, 0) is 135 Å². The number of nitrogens with zero attached hydrogens (tertiary/aromatic N) is 2. The highest BCUT2D eigenvalue weighted by Crippen LogP contribution is 2.27. The maximum absolute atomic E-state index is 13.1. The topological polar surface area (TPSA) is 253 Å². The molecule has 374 valence electrons. The van der Waals surface area contributed by atoms with Gasteiger partial charge in [0.25, 0.3) is 31.9 Å². The van der Waals surface area contributed by atoms with Crippen LogP contribution >= 0.6 is 23.2 Å². The third-order valence-corrected chi connectivity index (χ3v) is 15.7. The molecule has 0 bridgehead atoms. The van der Waals surface area contributed by atoms with E-state index in [2.05, 4.69) is 21.3 Å². The Hall–Kier alpha value is -6.68. The van der Waals surface area contributed by atoms with Crippen molar-refractivity contribution < 1.29 is 49.6 Å². The third kappa shape index (κ3) is 13.8. The van der Waals surface area contributed by atoms with Crippen molar-refractivity contribution in [2.24, 2.45) is 5.73 Å². The van der Waals surface area contributed by atoms with Gasteiger partial charge in [0.2, 0.25) is 16.1 Å². The van der Waals surface area contributed by atoms with Gasteiger partial charge in [0.1, 0.15) is 11.5 Å². The minimum absolute atomic E-state index is 0.0489. The summed E-state index contributed by atoms with van der Waals surface area (Å²) in [7, 11) is -6.27. The van der Waals surface area contributed by atoms with E-state index in [0.29, 0.717) is 95.7 Å². The third-order valence-electron chi connectivity index (χ3n) is 11.6. The fourth-order valence-electron chi connectivity index (χ4n) is 7.75. The van der Waals surface area contributed by atoms with Crippen LogP contribution in [0.1, 0.15) is 78.6 Å². The second-order valence-electron chi connectivity index (χ2n) is 16.5. The van der Waals surface area contributed by atoms with Gasteiger partial charge < -0.3 is 40.6 Å². The van der Waals surface area contributed by atoms with Gasteiger partial charge in [0, 0.05) is 76.4 Å². The number of carbonyl (C=O) groups is 4. The van der Waals surface area contributed by atoms with E-state index in [4.69, 9.17) is 42.5 Å². The van der Waals surface area contributed by atoms with E-state index in [0.717, 1.165) is 11.4 Å². The van der Waals surface area contributed by atoms with Crippen LogP contribution in [-0.2, 0) is 37.9 Å². The maximum Gasteiger partial charge on any atom is 0.337 e. The van der Waals surface area contributed by atoms with Gasteiger partial charge in [-0.3, -0.25) is 14.4 Å². The van der Waals surface area contributed by atoms with Gasteiger partial charge in [-0.15, -0.1) is 0 Å². The van der Waals surface area contributed by atoms with Crippen molar-refractivity contribution in [3.05, 3.63) is 165 Å². The number of primary amides is 1. The summed E-state index contributed by atoms with van der Waals surface area (Å²) >= 11 is 11.7. The molecule has 0 spiro atoms. The van der Waals surface area contributed by atoms with E-state index in [1.807, 2.05) is 12.1 Å². The first-order chi connectivity index (χ1) is 34.0. The van der Waals surface area contributed by atoms with Crippen LogP contribution in [0.15, 0.2) is 140 Å². The Bertz CT molecular complexity index is 3060. The standard InChI is InChI=1S/C25H26ClN3O6S.C24H25ClN4O5S/c1-34-25(31)18-3-2-4-21(15-18)28-20-11-13-29(14-12-20)36(32,33)23-10-9-22(35-23)16-27-24(30)17-5-7-19(26)8-6-17;25-18-6-4-16(5-7-18)24(31)27-15-21-8-9-22(34-21)35(32,33)29-12-10-19(11-13-29)28-20-3-1-2-17(14-20)23(26)30/h2-10,15,20,28H,11-14,16H2,1H3,(H,27,30);1-9,14,19,28H,10-13,15H2,(H2,26,30)(H,27,31). The Balaban J connectivity index is 0.000000209. The number of anilines is 2. The number of rotatable bonds is 16. The molecular weight excluding hydrogens is 998 g/mol. The SMILES string of the molecule is COC(=O)c1cccc(NC2CCN(S(=O)(=O)c3ccc(CNC(=O)c4ccc(Cl)cc4)o3)CC2)c1.NC(=O)c1cccc(NC2CCN(S(=O)(=O)c3ccc(CNC(=O)c4ccc(Cl)cc4)o3)CC2)c1. The second-order valence-corrected chi connectivity index (χ2v) is 21.1. The van der Waals surface area contributed by atoms with E-state index >= 15 is 0 Å². The van der Waals surface area contributed by atoms with Gasteiger partial charge in [0.05, 0.1) is 25.8 Å². The zero-order valence-corrected chi connectivity index (χ0v) is 41.5. The van der Waals surface area contributed by atoms with Crippen LogP contribution in [0.4, 0.5) is 11.4 Å². The summed E-state index contributed by atoms with van der Waals surface area (Å²) in [6.07, 6.45) is 2.36. The molecule has 71 heavy (non-hydrogen) atoms. The molecule has 2 saturated heterocycles. The molecule has 3 amide bonds. The van der Waals surface area contributed by atoms with E-state index in [1.54, 1.807) is 84.9 Å². The Morgan fingerprint density at radius 3 is 1.37 bits per heavy atom. The van der Waals surface area contributed by atoms with E-state index < -0.39 is 31.9 Å². The number of amides is 3. The maximum atomic E-state index is 13.1. The number of halogens is 2. The molecule has 4 aromatic carbocycles. The number of hydrogen-bond acceptors (Lipinski definition) is 13. The van der Waals surface area contributed by atoms with Crippen LogP contribution in [0.2, 0.25) is 10.0 Å². The molecule has 0 aliphatic carbocycles. The molecule has 4 heterocycles. The Labute approximate surface area is 420 Å². The average molecular weight is 1050 g/mol. The molecule has 2 aromatic heterocycles. The van der Waals surface area contributed by atoms with Crippen LogP contribution < -0.4 is 27.0 Å². The van der Waals surface area contributed by atoms with Gasteiger partial charge in [-0.2, -0.15) is 8.61 Å². The summed E-state index contributed by atoms with van der Waals surface area (Å²) in [4.78, 5) is 47.6. The van der Waals surface area contributed by atoms with E-state index in [-0.39, 0.29) is 47.2 Å². The molecule has 2 aliphatic rings.